The summed E-state index contributed by atoms with van der Waals surface area (Å²) >= 11 is 0. The first-order valence-electron chi connectivity index (χ1n) is 7.44. The van der Waals surface area contributed by atoms with Crippen LogP contribution in [0.5, 0.6) is 0 Å². The van der Waals surface area contributed by atoms with E-state index < -0.39 is 5.97 Å². The number of piperidine rings is 1. The van der Waals surface area contributed by atoms with E-state index in [0.29, 0.717) is 29.5 Å². The van der Waals surface area contributed by atoms with Gasteiger partial charge in [-0.3, -0.25) is 0 Å². The van der Waals surface area contributed by atoms with Crippen molar-refractivity contribution in [2.75, 3.05) is 25.0 Å². The molecule has 1 aromatic rings. The summed E-state index contributed by atoms with van der Waals surface area (Å²) in [6.07, 6.45) is 3.67. The molecule has 2 heterocycles. The number of hydrogen-bond acceptors (Lipinski definition) is 3. The molecule has 1 aliphatic heterocycles. The number of amides is 2. The highest BCUT2D eigenvalue weighted by Gasteiger charge is 2.23. The van der Waals surface area contributed by atoms with Crippen molar-refractivity contribution in [3.05, 3.63) is 17.5 Å². The molecule has 1 fully saturated rings. The van der Waals surface area contributed by atoms with E-state index in [-0.39, 0.29) is 6.03 Å². The third-order valence-electron chi connectivity index (χ3n) is 3.87. The molecule has 6 nitrogen and oxygen atoms in total. The molecule has 6 heteroatoms. The van der Waals surface area contributed by atoms with Crippen LogP contribution < -0.4 is 5.32 Å². The predicted molar refractivity (Wildman–Crippen MR) is 80.5 cm³/mol. The molecule has 2 N–H and O–H groups in total. The number of nitrogens with zero attached hydrogens (tertiary/aromatic N) is 1. The number of carbonyl (C=O) groups is 2. The fraction of sp³-hybridized carbons (Fsp3) is 0.600. The number of rotatable bonds is 3. The average molecular weight is 293 g/mol. The van der Waals surface area contributed by atoms with Crippen molar-refractivity contribution in [1.82, 2.24) is 9.88 Å². The van der Waals surface area contributed by atoms with Crippen molar-refractivity contribution < 1.29 is 14.3 Å². The van der Waals surface area contributed by atoms with Crippen LogP contribution in [0.3, 0.4) is 0 Å². The first kappa shape index (κ1) is 15.4. The molecule has 0 unspecified atom stereocenters. The summed E-state index contributed by atoms with van der Waals surface area (Å²) in [6.45, 7) is 7.55. The molecular weight excluding hydrogens is 270 g/mol. The van der Waals surface area contributed by atoms with Crippen LogP contribution in [0, 0.1) is 12.8 Å². The van der Waals surface area contributed by atoms with Crippen molar-refractivity contribution in [2.24, 2.45) is 5.92 Å². The SMILES string of the molecule is CCOC(=O)c1c(NC(=O)N2CCC(C)CC2)c[nH]c1C. The summed E-state index contributed by atoms with van der Waals surface area (Å²) in [6, 6.07) is -0.161. The standard InChI is InChI=1S/C15H23N3O3/c1-4-21-14(19)13-11(3)16-9-12(13)17-15(20)18-7-5-10(2)6-8-18/h9-10,16H,4-8H2,1-3H3,(H,17,20). The molecule has 0 spiro atoms. The van der Waals surface area contributed by atoms with Gasteiger partial charge in [0.05, 0.1) is 12.3 Å². The minimum Gasteiger partial charge on any atom is -0.462 e. The monoisotopic (exact) mass is 293 g/mol. The second-order valence-electron chi connectivity index (χ2n) is 5.52. The van der Waals surface area contributed by atoms with Gasteiger partial charge < -0.3 is 19.9 Å². The van der Waals surface area contributed by atoms with Crippen molar-refractivity contribution in [2.45, 2.75) is 33.6 Å². The third kappa shape index (κ3) is 3.56. The molecule has 2 amide bonds. The molecule has 1 saturated heterocycles. The van der Waals surface area contributed by atoms with E-state index in [4.69, 9.17) is 4.74 Å². The van der Waals surface area contributed by atoms with Gasteiger partial charge in [0, 0.05) is 25.0 Å². The molecule has 1 aliphatic rings. The smallest absolute Gasteiger partial charge is 0.342 e. The van der Waals surface area contributed by atoms with Crippen LogP contribution in [0.1, 0.15) is 42.7 Å². The largest absolute Gasteiger partial charge is 0.462 e. The Morgan fingerprint density at radius 2 is 2.10 bits per heavy atom. The Kier molecular flexibility index (Phi) is 4.88. The van der Waals surface area contributed by atoms with Gasteiger partial charge in [0.2, 0.25) is 0 Å². The summed E-state index contributed by atoms with van der Waals surface area (Å²) < 4.78 is 5.03. The van der Waals surface area contributed by atoms with Crippen LogP contribution in [0.25, 0.3) is 0 Å². The fourth-order valence-electron chi connectivity index (χ4n) is 2.50. The Balaban J connectivity index is 2.06. The molecule has 0 radical (unpaired) electrons. The molecule has 0 saturated carbocycles. The Bertz CT molecular complexity index is 516. The number of ether oxygens (including phenoxy) is 1. The zero-order valence-corrected chi connectivity index (χ0v) is 12.9. The quantitative estimate of drug-likeness (QED) is 0.841. The predicted octanol–water partition coefficient (Wildman–Crippen LogP) is 2.76. The maximum Gasteiger partial charge on any atom is 0.342 e. The number of nitrogens with one attached hydrogen (secondary N) is 2. The highest BCUT2D eigenvalue weighted by molar-refractivity contribution is 6.01. The molecule has 21 heavy (non-hydrogen) atoms. The zero-order chi connectivity index (χ0) is 15.4. The Hall–Kier alpha value is -1.98. The van der Waals surface area contributed by atoms with Gasteiger partial charge in [0.1, 0.15) is 5.56 Å². The van der Waals surface area contributed by atoms with Crippen molar-refractivity contribution in [3.8, 4) is 0 Å². The van der Waals surface area contributed by atoms with Gasteiger partial charge in [-0.15, -0.1) is 0 Å². The maximum atomic E-state index is 12.3. The normalized spacial score (nSPS) is 15.9. The van der Waals surface area contributed by atoms with Gasteiger partial charge >= 0.3 is 12.0 Å². The number of aryl methyl sites for hydroxylation is 1. The van der Waals surface area contributed by atoms with E-state index in [2.05, 4.69) is 17.2 Å². The van der Waals surface area contributed by atoms with E-state index in [9.17, 15) is 9.59 Å². The topological polar surface area (TPSA) is 74.4 Å². The molecule has 0 aromatic carbocycles. The fourth-order valence-corrected chi connectivity index (χ4v) is 2.50. The lowest BCUT2D eigenvalue weighted by Crippen LogP contribution is -2.40. The minimum absolute atomic E-state index is 0.161. The number of esters is 1. The molecular formula is C15H23N3O3. The molecule has 0 aliphatic carbocycles. The van der Waals surface area contributed by atoms with E-state index in [1.165, 1.54) is 0 Å². The van der Waals surface area contributed by atoms with Crippen molar-refractivity contribution >= 4 is 17.7 Å². The maximum absolute atomic E-state index is 12.3. The number of aromatic nitrogens is 1. The third-order valence-corrected chi connectivity index (χ3v) is 3.87. The lowest BCUT2D eigenvalue weighted by Gasteiger charge is -2.30. The molecule has 116 valence electrons. The van der Waals surface area contributed by atoms with Gasteiger partial charge in [0.25, 0.3) is 0 Å². The summed E-state index contributed by atoms with van der Waals surface area (Å²) in [5.41, 5.74) is 1.57. The number of urea groups is 1. The molecule has 0 atom stereocenters. The Morgan fingerprint density at radius 3 is 2.71 bits per heavy atom. The lowest BCUT2D eigenvalue weighted by atomic mass is 10.00. The molecule has 0 bridgehead atoms. The first-order valence-corrected chi connectivity index (χ1v) is 7.44. The number of hydrogen-bond donors (Lipinski definition) is 2. The van der Waals surface area contributed by atoms with Crippen LogP contribution in [0.15, 0.2) is 6.20 Å². The van der Waals surface area contributed by atoms with E-state index >= 15 is 0 Å². The number of carbonyl (C=O) groups excluding carboxylic acids is 2. The highest BCUT2D eigenvalue weighted by Crippen LogP contribution is 2.22. The van der Waals surface area contributed by atoms with Crippen molar-refractivity contribution in [1.29, 1.82) is 0 Å². The number of aromatic amines is 1. The highest BCUT2D eigenvalue weighted by atomic mass is 16.5. The molecule has 1 aromatic heterocycles. The van der Waals surface area contributed by atoms with Crippen molar-refractivity contribution in [3.63, 3.8) is 0 Å². The second kappa shape index (κ2) is 6.65. The summed E-state index contributed by atoms with van der Waals surface area (Å²) in [4.78, 5) is 29.0. The van der Waals surface area contributed by atoms with Crippen LogP contribution in [0.4, 0.5) is 10.5 Å². The summed E-state index contributed by atoms with van der Waals surface area (Å²) in [5.74, 6) is 0.248. The van der Waals surface area contributed by atoms with Gasteiger partial charge in [0.15, 0.2) is 0 Å². The average Bonchev–Trinajstić information content (AvgIpc) is 2.80. The van der Waals surface area contributed by atoms with Crippen LogP contribution in [-0.2, 0) is 4.74 Å². The van der Waals surface area contributed by atoms with Gasteiger partial charge in [-0.2, -0.15) is 0 Å². The first-order chi connectivity index (χ1) is 10.0. The minimum atomic E-state index is -0.418. The van der Waals surface area contributed by atoms with Gasteiger partial charge in [-0.05, 0) is 32.6 Å². The number of H-pyrrole nitrogens is 1. The molecule has 2 rings (SSSR count). The van der Waals surface area contributed by atoms with E-state index in [1.54, 1.807) is 24.9 Å². The lowest BCUT2D eigenvalue weighted by molar-refractivity contribution is 0.0527. The second-order valence-corrected chi connectivity index (χ2v) is 5.52. The summed E-state index contributed by atoms with van der Waals surface area (Å²) in [7, 11) is 0. The van der Waals surface area contributed by atoms with Crippen LogP contribution in [-0.4, -0.2) is 41.6 Å². The van der Waals surface area contributed by atoms with Gasteiger partial charge in [-0.1, -0.05) is 6.92 Å². The summed E-state index contributed by atoms with van der Waals surface area (Å²) in [5, 5.41) is 2.81. The zero-order valence-electron chi connectivity index (χ0n) is 12.9. The van der Waals surface area contributed by atoms with E-state index in [1.807, 2.05) is 0 Å². The Labute approximate surface area is 124 Å². The number of anilines is 1. The number of likely N-dealkylation sites (tertiary alicyclic amines) is 1. The van der Waals surface area contributed by atoms with Crippen LogP contribution in [0.2, 0.25) is 0 Å². The Morgan fingerprint density at radius 1 is 1.43 bits per heavy atom. The van der Waals surface area contributed by atoms with Gasteiger partial charge in [-0.25, -0.2) is 9.59 Å². The van der Waals surface area contributed by atoms with Crippen LogP contribution >= 0.6 is 0 Å². The van der Waals surface area contributed by atoms with E-state index in [0.717, 1.165) is 25.9 Å².